The molecule has 0 saturated heterocycles. The summed E-state index contributed by atoms with van der Waals surface area (Å²) in [5.41, 5.74) is 5.48. The van der Waals surface area contributed by atoms with Gasteiger partial charge in [0.1, 0.15) is 12.1 Å². The molecule has 7 nitrogen and oxygen atoms in total. The minimum absolute atomic E-state index is 0.0105. The van der Waals surface area contributed by atoms with Gasteiger partial charge in [-0.1, -0.05) is 154 Å². The number of hydrogen-bond donors (Lipinski definition) is 3. The Labute approximate surface area is 309 Å². The molecule has 0 bridgehead atoms. The highest BCUT2D eigenvalue weighted by Crippen LogP contribution is 2.18. The molecular weight excluding hydrogens is 624 g/mol. The summed E-state index contributed by atoms with van der Waals surface area (Å²) >= 11 is 0. The Hall–Kier alpha value is -1.89. The van der Waals surface area contributed by atoms with E-state index >= 15 is 0 Å². The highest BCUT2D eigenvalue weighted by Gasteiger charge is 2.19. The van der Waals surface area contributed by atoms with Crippen molar-refractivity contribution >= 4 is 17.8 Å². The summed E-state index contributed by atoms with van der Waals surface area (Å²) in [4.78, 5) is 36.3. The van der Waals surface area contributed by atoms with Gasteiger partial charge >= 0.3 is 11.9 Å². The molecule has 0 aliphatic heterocycles. The zero-order valence-corrected chi connectivity index (χ0v) is 33.0. The van der Waals surface area contributed by atoms with Gasteiger partial charge in [-0.05, 0) is 77.2 Å². The molecule has 0 spiro atoms. The Kier molecular flexibility index (Phi) is 36.9. The fraction of sp³-hybridized carbons (Fsp3) is 0.884. The van der Waals surface area contributed by atoms with Crippen LogP contribution in [-0.4, -0.2) is 41.6 Å². The zero-order valence-electron chi connectivity index (χ0n) is 33.0. The lowest BCUT2D eigenvalue weighted by Crippen LogP contribution is -2.40. The Morgan fingerprint density at radius 2 is 1.00 bits per heavy atom. The number of carbonyl (C=O) groups is 3. The van der Waals surface area contributed by atoms with Crippen molar-refractivity contribution in [1.29, 1.82) is 0 Å². The van der Waals surface area contributed by atoms with Crippen molar-refractivity contribution in [3.8, 4) is 0 Å². The van der Waals surface area contributed by atoms with Crippen molar-refractivity contribution in [3.63, 3.8) is 0 Å². The number of unbranched alkanes of at least 4 members (excludes halogenated alkanes) is 23. The Morgan fingerprint density at radius 1 is 0.560 bits per heavy atom. The summed E-state index contributed by atoms with van der Waals surface area (Å²) in [5.74, 6) is -1.24. The van der Waals surface area contributed by atoms with Crippen LogP contribution in [0, 0.1) is 0 Å². The van der Waals surface area contributed by atoms with Gasteiger partial charge in [-0.2, -0.15) is 0 Å². The molecule has 294 valence electrons. The third-order valence-corrected chi connectivity index (χ3v) is 9.83. The zero-order chi connectivity index (χ0) is 36.8. The van der Waals surface area contributed by atoms with Crippen LogP contribution in [0.15, 0.2) is 12.2 Å². The molecule has 4 N–H and O–H groups in total. The molecule has 0 fully saturated rings. The first-order valence-corrected chi connectivity index (χ1v) is 21.5. The van der Waals surface area contributed by atoms with E-state index in [9.17, 15) is 19.5 Å². The van der Waals surface area contributed by atoms with Crippen LogP contribution >= 0.6 is 0 Å². The molecule has 1 amide bonds. The predicted molar refractivity (Wildman–Crippen MR) is 211 cm³/mol. The number of hydrogen-bond acceptors (Lipinski definition) is 5. The van der Waals surface area contributed by atoms with Crippen LogP contribution in [0.3, 0.4) is 0 Å². The van der Waals surface area contributed by atoms with Gasteiger partial charge in [0.25, 0.3) is 0 Å². The largest absolute Gasteiger partial charge is 0.480 e. The first kappa shape index (κ1) is 48.1. The Bertz CT molecular complexity index is 802. The van der Waals surface area contributed by atoms with Crippen molar-refractivity contribution in [3.05, 3.63) is 12.2 Å². The summed E-state index contributed by atoms with van der Waals surface area (Å²) in [6.07, 6.45) is 41.1. The number of nitrogens with two attached hydrogens (primary N) is 1. The fourth-order valence-corrected chi connectivity index (χ4v) is 6.57. The number of allylic oxidation sites excluding steroid dienone is 2. The smallest absolute Gasteiger partial charge is 0.326 e. The van der Waals surface area contributed by atoms with E-state index < -0.39 is 12.0 Å². The minimum atomic E-state index is -1.00. The van der Waals surface area contributed by atoms with Crippen molar-refractivity contribution in [1.82, 2.24) is 5.32 Å². The summed E-state index contributed by atoms with van der Waals surface area (Å²) in [5, 5.41) is 11.9. The molecule has 0 aromatic carbocycles. The Balaban J connectivity index is 4.32. The van der Waals surface area contributed by atoms with Crippen molar-refractivity contribution in [2.45, 2.75) is 238 Å². The van der Waals surface area contributed by atoms with Crippen LogP contribution < -0.4 is 11.1 Å². The Morgan fingerprint density at radius 3 is 1.52 bits per heavy atom. The molecule has 0 saturated carbocycles. The van der Waals surface area contributed by atoms with E-state index in [4.69, 9.17) is 10.5 Å². The van der Waals surface area contributed by atoms with E-state index in [1.165, 1.54) is 116 Å². The van der Waals surface area contributed by atoms with Crippen molar-refractivity contribution < 1.29 is 24.2 Å². The molecule has 50 heavy (non-hydrogen) atoms. The van der Waals surface area contributed by atoms with Gasteiger partial charge in [0.2, 0.25) is 5.91 Å². The number of rotatable bonds is 39. The van der Waals surface area contributed by atoms with E-state index in [0.717, 1.165) is 70.6 Å². The van der Waals surface area contributed by atoms with E-state index in [0.29, 0.717) is 32.2 Å². The van der Waals surface area contributed by atoms with E-state index in [1.54, 1.807) is 0 Å². The highest BCUT2D eigenvalue weighted by molar-refractivity contribution is 5.83. The second-order valence-corrected chi connectivity index (χ2v) is 14.8. The molecule has 7 heteroatoms. The number of carboxylic acids is 1. The number of aliphatic carboxylic acids is 1. The second-order valence-electron chi connectivity index (χ2n) is 14.8. The number of carboxylic acid groups (broad SMARTS) is 1. The topological polar surface area (TPSA) is 119 Å². The third kappa shape index (κ3) is 34.6. The van der Waals surface area contributed by atoms with Gasteiger partial charge in [0, 0.05) is 12.8 Å². The fourth-order valence-electron chi connectivity index (χ4n) is 6.57. The van der Waals surface area contributed by atoms with Crippen LogP contribution in [0.4, 0.5) is 0 Å². The maximum absolute atomic E-state index is 12.8. The molecular formula is C43H82N2O5. The number of nitrogens with one attached hydrogen (secondary N) is 1. The quantitative estimate of drug-likeness (QED) is 0.0332. The number of ether oxygens (including phenoxy) is 1. The highest BCUT2D eigenvalue weighted by atomic mass is 16.5. The monoisotopic (exact) mass is 707 g/mol. The van der Waals surface area contributed by atoms with E-state index in [-0.39, 0.29) is 18.0 Å². The number of esters is 1. The van der Waals surface area contributed by atoms with Gasteiger partial charge in [-0.25, -0.2) is 4.79 Å². The molecule has 2 unspecified atom stereocenters. The molecule has 0 aromatic rings. The standard InChI is InChI=1S/C43H82N2O5/c1-3-5-7-9-11-13-15-16-18-20-22-27-31-37-42(47)50-39(33-28-24-21-19-17-14-12-10-8-6-4-2)34-29-25-23-26-30-36-41(46)45-40(43(48)49)35-32-38-44/h19,21,39-40H,3-18,20,22-38,44H2,1-2H3,(H,45,46)(H,48,49)/b21-19-. The van der Waals surface area contributed by atoms with Crippen LogP contribution in [-0.2, 0) is 19.1 Å². The summed E-state index contributed by atoms with van der Waals surface area (Å²) < 4.78 is 6.02. The molecule has 0 aromatic heterocycles. The number of amides is 1. The lowest BCUT2D eigenvalue weighted by Gasteiger charge is -2.18. The minimum Gasteiger partial charge on any atom is -0.480 e. The first-order chi connectivity index (χ1) is 24.4. The van der Waals surface area contributed by atoms with Crippen LogP contribution in [0.5, 0.6) is 0 Å². The lowest BCUT2D eigenvalue weighted by atomic mass is 10.0. The molecule has 0 heterocycles. The first-order valence-electron chi connectivity index (χ1n) is 21.5. The van der Waals surface area contributed by atoms with Gasteiger partial charge < -0.3 is 20.9 Å². The maximum Gasteiger partial charge on any atom is 0.326 e. The van der Waals surface area contributed by atoms with E-state index in [2.05, 4.69) is 31.3 Å². The normalized spacial score (nSPS) is 12.7. The van der Waals surface area contributed by atoms with Crippen LogP contribution in [0.1, 0.15) is 226 Å². The predicted octanol–water partition coefficient (Wildman–Crippen LogP) is 11.9. The average molecular weight is 707 g/mol. The average Bonchev–Trinajstić information content (AvgIpc) is 3.10. The van der Waals surface area contributed by atoms with Crippen LogP contribution in [0.25, 0.3) is 0 Å². The van der Waals surface area contributed by atoms with Crippen molar-refractivity contribution in [2.75, 3.05) is 6.54 Å². The SMILES string of the molecule is CCCCCCCC/C=C\CCCC(CCCCCCCC(=O)NC(CCCN)C(=O)O)OC(=O)CCCCCCCCCCCCCCC. The van der Waals surface area contributed by atoms with Gasteiger partial charge in [0.15, 0.2) is 0 Å². The number of carbonyl (C=O) groups excluding carboxylic acids is 2. The molecule has 0 radical (unpaired) electrons. The molecule has 0 aliphatic rings. The van der Waals surface area contributed by atoms with Gasteiger partial charge in [-0.15, -0.1) is 0 Å². The molecule has 0 rings (SSSR count). The summed E-state index contributed by atoms with van der Waals surface area (Å²) in [6, 6.07) is -0.856. The van der Waals surface area contributed by atoms with E-state index in [1.807, 2.05) is 0 Å². The second kappa shape index (κ2) is 38.3. The van der Waals surface area contributed by atoms with Crippen LogP contribution in [0.2, 0.25) is 0 Å². The van der Waals surface area contributed by atoms with Gasteiger partial charge in [0.05, 0.1) is 0 Å². The summed E-state index contributed by atoms with van der Waals surface area (Å²) in [7, 11) is 0. The summed E-state index contributed by atoms with van der Waals surface area (Å²) in [6.45, 7) is 4.94. The maximum atomic E-state index is 12.8. The van der Waals surface area contributed by atoms with Crippen molar-refractivity contribution in [2.24, 2.45) is 5.73 Å². The third-order valence-electron chi connectivity index (χ3n) is 9.83. The van der Waals surface area contributed by atoms with Gasteiger partial charge in [-0.3, -0.25) is 9.59 Å². The molecule has 2 atom stereocenters. The lowest BCUT2D eigenvalue weighted by molar-refractivity contribution is -0.150. The molecule has 0 aliphatic carbocycles.